The molecular formula is C28H40N2O3Si. The van der Waals surface area contributed by atoms with Crippen LogP contribution in [0, 0.1) is 5.92 Å². The van der Waals surface area contributed by atoms with E-state index in [9.17, 15) is 4.79 Å². The normalized spacial score (nSPS) is 22.4. The van der Waals surface area contributed by atoms with Gasteiger partial charge in [-0.2, -0.15) is 0 Å². The van der Waals surface area contributed by atoms with Gasteiger partial charge in [-0.05, 0) is 55.2 Å². The zero-order valence-corrected chi connectivity index (χ0v) is 23.0. The molecule has 0 radical (unpaired) electrons. The predicted molar refractivity (Wildman–Crippen MR) is 142 cm³/mol. The van der Waals surface area contributed by atoms with Crippen molar-refractivity contribution >= 4 is 20.4 Å². The quantitative estimate of drug-likeness (QED) is 0.338. The van der Waals surface area contributed by atoms with Crippen LogP contribution in [0.3, 0.4) is 0 Å². The number of rotatable bonds is 8. The number of methoxy groups -OCH3 is 1. The second kappa shape index (κ2) is 10.0. The van der Waals surface area contributed by atoms with Crippen LogP contribution in [0.15, 0.2) is 59.6 Å². The van der Waals surface area contributed by atoms with E-state index < -0.39 is 13.9 Å². The molecule has 6 heteroatoms. The highest BCUT2D eigenvalue weighted by Crippen LogP contribution is 2.41. The highest BCUT2D eigenvalue weighted by atomic mass is 28.4. The Bertz CT molecular complexity index is 999. The monoisotopic (exact) mass is 480 g/mol. The summed E-state index contributed by atoms with van der Waals surface area (Å²) in [5.41, 5.74) is 1.19. The largest absolute Gasteiger partial charge is 0.497 e. The maximum Gasteiger partial charge on any atom is 0.251 e. The Morgan fingerprint density at radius 1 is 1.15 bits per heavy atom. The Balaban J connectivity index is 1.90. The molecular weight excluding hydrogens is 440 g/mol. The molecule has 0 aliphatic carbocycles. The van der Waals surface area contributed by atoms with Crippen molar-refractivity contribution in [1.29, 1.82) is 0 Å². The van der Waals surface area contributed by atoms with Gasteiger partial charge in [0.05, 0.1) is 13.2 Å². The van der Waals surface area contributed by atoms with Crippen molar-refractivity contribution in [2.75, 3.05) is 20.3 Å². The van der Waals surface area contributed by atoms with Gasteiger partial charge in [-0.3, -0.25) is 9.79 Å². The molecule has 0 bridgehead atoms. The van der Waals surface area contributed by atoms with E-state index >= 15 is 0 Å². The minimum atomic E-state index is -1.96. The number of amides is 1. The predicted octanol–water partition coefficient (Wildman–Crippen LogP) is 6.11. The van der Waals surface area contributed by atoms with Crippen LogP contribution in [-0.2, 0) is 9.22 Å². The molecule has 3 atom stereocenters. The fraction of sp³-hybridized carbons (Fsp3) is 0.500. The van der Waals surface area contributed by atoms with Crippen LogP contribution in [0.25, 0.3) is 0 Å². The van der Waals surface area contributed by atoms with Gasteiger partial charge in [0.15, 0.2) is 8.32 Å². The molecule has 1 amide bonds. The van der Waals surface area contributed by atoms with E-state index in [2.05, 4.69) is 40.8 Å². The first-order valence-electron chi connectivity index (χ1n) is 12.1. The number of carbonyl (C=O) groups is 1. The van der Waals surface area contributed by atoms with E-state index in [1.165, 1.54) is 0 Å². The molecule has 0 unspecified atom stereocenters. The molecule has 0 aromatic heterocycles. The summed E-state index contributed by atoms with van der Waals surface area (Å²) in [7, 11) is -0.305. The third-order valence-electron chi connectivity index (χ3n) is 7.70. The Morgan fingerprint density at radius 2 is 1.76 bits per heavy atom. The third-order valence-corrected chi connectivity index (χ3v) is 12.2. The molecule has 1 saturated heterocycles. The van der Waals surface area contributed by atoms with E-state index in [0.29, 0.717) is 13.2 Å². The highest BCUT2D eigenvalue weighted by Gasteiger charge is 2.52. The lowest BCUT2D eigenvalue weighted by Crippen LogP contribution is -2.45. The van der Waals surface area contributed by atoms with Crippen LogP contribution >= 0.6 is 0 Å². The molecule has 0 saturated carbocycles. The van der Waals surface area contributed by atoms with Crippen LogP contribution in [0.4, 0.5) is 0 Å². The molecule has 5 nitrogen and oxygen atoms in total. The number of aliphatic imine (C=N–C) groups is 1. The number of nitrogens with zero attached hydrogens (tertiary/aromatic N) is 2. The van der Waals surface area contributed by atoms with Crippen molar-refractivity contribution in [3.05, 3.63) is 65.7 Å². The molecule has 184 valence electrons. The van der Waals surface area contributed by atoms with Gasteiger partial charge in [0.2, 0.25) is 0 Å². The second-order valence-corrected chi connectivity index (χ2v) is 15.8. The van der Waals surface area contributed by atoms with Crippen LogP contribution < -0.4 is 4.74 Å². The molecule has 1 aliphatic rings. The average Bonchev–Trinajstić information content (AvgIpc) is 3.06. The minimum absolute atomic E-state index is 0.0326. The first-order chi connectivity index (χ1) is 15.9. The summed E-state index contributed by atoms with van der Waals surface area (Å²) in [6.07, 6.45) is 1.83. The lowest BCUT2D eigenvalue weighted by Gasteiger charge is -2.38. The second-order valence-electron chi connectivity index (χ2n) is 11.0. The summed E-state index contributed by atoms with van der Waals surface area (Å²) in [4.78, 5) is 20.7. The summed E-state index contributed by atoms with van der Waals surface area (Å²) in [6, 6.07) is 17.8. The first-order valence-corrected chi connectivity index (χ1v) is 15.0. The number of hydrogen-bond acceptors (Lipinski definition) is 4. The zero-order valence-electron chi connectivity index (χ0n) is 22.0. The van der Waals surface area contributed by atoms with Gasteiger partial charge >= 0.3 is 0 Å². The fourth-order valence-corrected chi connectivity index (χ4v) is 5.06. The number of benzene rings is 2. The summed E-state index contributed by atoms with van der Waals surface area (Å²) in [6.45, 7) is 16.4. The Morgan fingerprint density at radius 3 is 2.32 bits per heavy atom. The van der Waals surface area contributed by atoms with E-state index in [1.807, 2.05) is 72.6 Å². The summed E-state index contributed by atoms with van der Waals surface area (Å²) >= 11 is 0. The van der Waals surface area contributed by atoms with Crippen molar-refractivity contribution in [3.8, 4) is 5.75 Å². The standard InChI is InChI=1S/C28H40N2O3Si/c1-21(23-14-16-25(32-6)17-15-23)30-19-24(20-33-34(7,8)27(2,3)4)28(5,26(30)31)29-18-22-12-10-9-11-13-22/h9-18,21,24H,19-20H2,1-8H3/t21-,24-,28+/m0/s1. The van der Waals surface area contributed by atoms with Crippen molar-refractivity contribution in [2.24, 2.45) is 10.9 Å². The minimum Gasteiger partial charge on any atom is -0.497 e. The van der Waals surface area contributed by atoms with Gasteiger partial charge in [-0.1, -0.05) is 63.2 Å². The Hall–Kier alpha value is -2.44. The third kappa shape index (κ3) is 5.44. The van der Waals surface area contributed by atoms with E-state index in [0.717, 1.165) is 16.9 Å². The van der Waals surface area contributed by atoms with Crippen molar-refractivity contribution in [1.82, 2.24) is 4.90 Å². The highest BCUT2D eigenvalue weighted by molar-refractivity contribution is 6.74. The summed E-state index contributed by atoms with van der Waals surface area (Å²) in [5.74, 6) is 0.822. The van der Waals surface area contributed by atoms with Gasteiger partial charge < -0.3 is 14.1 Å². The summed E-state index contributed by atoms with van der Waals surface area (Å²) < 4.78 is 11.9. The molecule has 1 heterocycles. The van der Waals surface area contributed by atoms with Crippen LogP contribution in [-0.4, -0.2) is 51.1 Å². The number of hydrogen-bond donors (Lipinski definition) is 0. The molecule has 1 fully saturated rings. The SMILES string of the molecule is COc1ccc([C@H](C)N2C[C@@H](CO[Si](C)(C)C(C)(C)C)[C@@](C)(N=Cc3ccccc3)C2=O)cc1. The molecule has 3 rings (SSSR count). The van der Waals surface area contributed by atoms with Crippen LogP contribution in [0.1, 0.15) is 51.8 Å². The first kappa shape index (κ1) is 26.2. The maximum atomic E-state index is 13.9. The van der Waals surface area contributed by atoms with E-state index in [1.54, 1.807) is 7.11 Å². The van der Waals surface area contributed by atoms with Gasteiger partial charge in [0, 0.05) is 25.3 Å². The Kier molecular flexibility index (Phi) is 7.73. The van der Waals surface area contributed by atoms with E-state index in [-0.39, 0.29) is 22.9 Å². The molecule has 1 aliphatic heterocycles. The maximum absolute atomic E-state index is 13.9. The topological polar surface area (TPSA) is 51.1 Å². The van der Waals surface area contributed by atoms with Crippen molar-refractivity contribution < 1.29 is 14.0 Å². The van der Waals surface area contributed by atoms with Gasteiger partial charge in [-0.15, -0.1) is 0 Å². The molecule has 34 heavy (non-hydrogen) atoms. The molecule has 2 aromatic rings. The average molecular weight is 481 g/mol. The zero-order chi connectivity index (χ0) is 25.1. The number of carbonyl (C=O) groups excluding carboxylic acids is 1. The smallest absolute Gasteiger partial charge is 0.251 e. The van der Waals surface area contributed by atoms with Gasteiger partial charge in [0.25, 0.3) is 5.91 Å². The van der Waals surface area contributed by atoms with Crippen molar-refractivity contribution in [2.45, 2.75) is 64.3 Å². The fourth-order valence-electron chi connectivity index (χ4n) is 4.01. The van der Waals surface area contributed by atoms with Crippen molar-refractivity contribution in [3.63, 3.8) is 0 Å². The van der Waals surface area contributed by atoms with Crippen LogP contribution in [0.5, 0.6) is 5.75 Å². The lowest BCUT2D eigenvalue weighted by atomic mass is 9.90. The number of ether oxygens (including phenoxy) is 1. The Labute approximate surface area is 206 Å². The van der Waals surface area contributed by atoms with E-state index in [4.69, 9.17) is 14.2 Å². The summed E-state index contributed by atoms with van der Waals surface area (Å²) in [5, 5.41) is 0.107. The lowest BCUT2D eigenvalue weighted by molar-refractivity contribution is -0.133. The van der Waals surface area contributed by atoms with Gasteiger partial charge in [-0.25, -0.2) is 0 Å². The molecule has 0 N–H and O–H groups in total. The number of likely N-dealkylation sites (tertiary alicyclic amines) is 1. The molecule has 2 aromatic carbocycles. The molecule has 0 spiro atoms. The van der Waals surface area contributed by atoms with Crippen LogP contribution in [0.2, 0.25) is 18.1 Å². The van der Waals surface area contributed by atoms with Gasteiger partial charge in [0.1, 0.15) is 11.3 Å².